The predicted molar refractivity (Wildman–Crippen MR) is 102 cm³/mol. The average molecular weight is 393 g/mol. The Morgan fingerprint density at radius 2 is 1.73 bits per heavy atom. The lowest BCUT2D eigenvalue weighted by Crippen LogP contribution is -2.42. The van der Waals surface area contributed by atoms with E-state index in [1.807, 2.05) is 31.2 Å². The smallest absolute Gasteiger partial charge is 0.269 e. The van der Waals surface area contributed by atoms with Gasteiger partial charge in [-0.25, -0.2) is 8.42 Å². The molecule has 138 valence electrons. The molecule has 2 aromatic rings. The Balaban J connectivity index is 1.85. The first-order valence-corrected chi connectivity index (χ1v) is 10.5. The van der Waals surface area contributed by atoms with Crippen molar-refractivity contribution in [2.75, 3.05) is 16.7 Å². The highest BCUT2D eigenvalue weighted by molar-refractivity contribution is 8.00. The van der Waals surface area contributed by atoms with Crippen molar-refractivity contribution in [1.82, 2.24) is 10.9 Å². The first-order valence-electron chi connectivity index (χ1n) is 7.59. The molecular formula is C17H19N3O4S2. The summed E-state index contributed by atoms with van der Waals surface area (Å²) in [5.74, 6) is -0.746. The Bertz CT molecular complexity index is 896. The highest BCUT2D eigenvalue weighted by atomic mass is 32.2. The Morgan fingerprint density at radius 3 is 2.38 bits per heavy atom. The topological polar surface area (TPSA) is 104 Å². The molecule has 0 aliphatic carbocycles. The number of carbonyl (C=O) groups is 2. The molecule has 26 heavy (non-hydrogen) atoms. The van der Waals surface area contributed by atoms with Crippen LogP contribution in [-0.4, -0.2) is 32.2 Å². The van der Waals surface area contributed by atoms with Crippen LogP contribution >= 0.6 is 11.8 Å². The molecule has 9 heteroatoms. The number of aryl methyl sites for hydroxylation is 1. The Hall–Kier alpha value is -2.52. The summed E-state index contributed by atoms with van der Waals surface area (Å²) in [6, 6.07) is 13.7. The van der Waals surface area contributed by atoms with Crippen molar-refractivity contribution in [3.8, 4) is 0 Å². The minimum Gasteiger partial charge on any atom is -0.284 e. The number of rotatable bonds is 6. The Morgan fingerprint density at radius 1 is 1.04 bits per heavy atom. The summed E-state index contributed by atoms with van der Waals surface area (Å²) in [6.45, 7) is 1.98. The van der Waals surface area contributed by atoms with E-state index in [-0.39, 0.29) is 22.9 Å². The first-order chi connectivity index (χ1) is 12.2. The maximum absolute atomic E-state index is 12.1. The molecule has 0 fully saturated rings. The van der Waals surface area contributed by atoms with Crippen molar-refractivity contribution in [3.63, 3.8) is 0 Å². The van der Waals surface area contributed by atoms with Crippen molar-refractivity contribution < 1.29 is 18.0 Å². The minimum atomic E-state index is -3.44. The predicted octanol–water partition coefficient (Wildman–Crippen LogP) is 1.92. The zero-order chi connectivity index (χ0) is 19.2. The zero-order valence-corrected chi connectivity index (χ0v) is 15.9. The van der Waals surface area contributed by atoms with Gasteiger partial charge in [0, 0.05) is 16.1 Å². The van der Waals surface area contributed by atoms with Gasteiger partial charge in [-0.3, -0.25) is 25.2 Å². The van der Waals surface area contributed by atoms with Gasteiger partial charge in [-0.1, -0.05) is 23.8 Å². The van der Waals surface area contributed by atoms with Crippen LogP contribution in [0.1, 0.15) is 15.9 Å². The van der Waals surface area contributed by atoms with E-state index >= 15 is 0 Å². The van der Waals surface area contributed by atoms with Crippen molar-refractivity contribution in [1.29, 1.82) is 0 Å². The van der Waals surface area contributed by atoms with Crippen molar-refractivity contribution in [3.05, 3.63) is 59.7 Å². The first kappa shape index (κ1) is 19.8. The number of hydrogen-bond donors (Lipinski definition) is 3. The summed E-state index contributed by atoms with van der Waals surface area (Å²) >= 11 is 1.35. The Labute approximate surface area is 156 Å². The molecule has 0 aliphatic rings. The number of carbonyl (C=O) groups excluding carboxylic acids is 2. The van der Waals surface area contributed by atoms with Crippen molar-refractivity contribution in [2.24, 2.45) is 0 Å². The molecule has 0 spiro atoms. The number of benzene rings is 2. The molecule has 0 unspecified atom stereocenters. The lowest BCUT2D eigenvalue weighted by atomic mass is 10.2. The van der Waals surface area contributed by atoms with Crippen LogP contribution in [0.15, 0.2) is 53.4 Å². The van der Waals surface area contributed by atoms with E-state index in [1.165, 1.54) is 36.0 Å². The SMILES string of the molecule is Cc1ccc(SCC(=O)NNC(=O)c2cccc(NS(C)(=O)=O)c2)cc1. The van der Waals surface area contributed by atoms with Crippen LogP contribution < -0.4 is 15.6 Å². The molecule has 0 atom stereocenters. The molecular weight excluding hydrogens is 374 g/mol. The summed E-state index contributed by atoms with van der Waals surface area (Å²) in [4.78, 5) is 24.9. The van der Waals surface area contributed by atoms with E-state index in [1.54, 1.807) is 0 Å². The van der Waals surface area contributed by atoms with Crippen LogP contribution in [0.5, 0.6) is 0 Å². The van der Waals surface area contributed by atoms with Gasteiger partial charge in [0.25, 0.3) is 5.91 Å². The normalized spacial score (nSPS) is 10.8. The number of anilines is 1. The van der Waals surface area contributed by atoms with Crippen LogP contribution in [0.4, 0.5) is 5.69 Å². The molecule has 7 nitrogen and oxygen atoms in total. The minimum absolute atomic E-state index is 0.152. The van der Waals surface area contributed by atoms with Crippen molar-refractivity contribution >= 4 is 39.3 Å². The summed E-state index contributed by atoms with van der Waals surface area (Å²) in [6.07, 6.45) is 1.02. The molecule has 0 bridgehead atoms. The van der Waals surface area contributed by atoms with Gasteiger partial charge >= 0.3 is 0 Å². The third-order valence-corrected chi connectivity index (χ3v) is 4.75. The number of hydrazine groups is 1. The van der Waals surface area contributed by atoms with E-state index < -0.39 is 15.9 Å². The summed E-state index contributed by atoms with van der Waals surface area (Å²) in [7, 11) is -3.44. The van der Waals surface area contributed by atoms with Gasteiger partial charge in [0.15, 0.2) is 0 Å². The van der Waals surface area contributed by atoms with E-state index in [4.69, 9.17) is 0 Å². The molecule has 0 aromatic heterocycles. The van der Waals surface area contributed by atoms with Crippen LogP contribution in [0, 0.1) is 6.92 Å². The maximum Gasteiger partial charge on any atom is 0.269 e. The number of sulfonamides is 1. The summed E-state index contributed by atoms with van der Waals surface area (Å²) < 4.78 is 24.8. The zero-order valence-electron chi connectivity index (χ0n) is 14.3. The quantitative estimate of drug-likeness (QED) is 0.514. The second-order valence-corrected chi connectivity index (χ2v) is 8.36. The van der Waals surface area contributed by atoms with E-state index in [0.29, 0.717) is 0 Å². The fraction of sp³-hybridized carbons (Fsp3) is 0.176. The van der Waals surface area contributed by atoms with Crippen LogP contribution in [0.3, 0.4) is 0 Å². The monoisotopic (exact) mass is 393 g/mol. The number of hydrogen-bond acceptors (Lipinski definition) is 5. The molecule has 2 rings (SSSR count). The van der Waals surface area contributed by atoms with Gasteiger partial charge in [-0.15, -0.1) is 11.8 Å². The molecule has 3 N–H and O–H groups in total. The highest BCUT2D eigenvalue weighted by Crippen LogP contribution is 2.17. The second kappa shape index (κ2) is 8.72. The molecule has 0 aliphatic heterocycles. The third kappa shape index (κ3) is 6.77. The fourth-order valence-corrected chi connectivity index (χ4v) is 3.21. The molecule has 0 radical (unpaired) electrons. The number of nitrogens with one attached hydrogen (secondary N) is 3. The molecule has 2 amide bonds. The van der Waals surface area contributed by atoms with E-state index in [9.17, 15) is 18.0 Å². The van der Waals surface area contributed by atoms with E-state index in [0.717, 1.165) is 16.7 Å². The average Bonchev–Trinajstić information content (AvgIpc) is 2.58. The van der Waals surface area contributed by atoms with Gasteiger partial charge in [-0.2, -0.15) is 0 Å². The summed E-state index contributed by atoms with van der Waals surface area (Å²) in [5.41, 5.74) is 6.25. The second-order valence-electron chi connectivity index (χ2n) is 5.56. The molecule has 2 aromatic carbocycles. The standard InChI is InChI=1S/C17H19N3O4S2/c1-12-6-8-15(9-7-12)25-11-16(21)18-19-17(22)13-4-3-5-14(10-13)20-26(2,23)24/h3-10,20H,11H2,1-2H3,(H,18,21)(H,19,22). The third-order valence-electron chi connectivity index (χ3n) is 3.13. The maximum atomic E-state index is 12.1. The lowest BCUT2D eigenvalue weighted by molar-refractivity contribution is -0.119. The van der Waals surface area contributed by atoms with Gasteiger partial charge in [-0.05, 0) is 37.3 Å². The van der Waals surface area contributed by atoms with Gasteiger partial charge in [0.2, 0.25) is 15.9 Å². The molecule has 0 saturated carbocycles. The number of thioether (sulfide) groups is 1. The van der Waals surface area contributed by atoms with Crippen molar-refractivity contribution in [2.45, 2.75) is 11.8 Å². The largest absolute Gasteiger partial charge is 0.284 e. The fourth-order valence-electron chi connectivity index (χ4n) is 1.96. The Kier molecular flexibility index (Phi) is 6.64. The van der Waals surface area contributed by atoms with Crippen LogP contribution in [0.25, 0.3) is 0 Å². The molecule has 0 heterocycles. The van der Waals surface area contributed by atoms with Crippen LogP contribution in [-0.2, 0) is 14.8 Å². The van der Waals surface area contributed by atoms with Gasteiger partial charge in [0.05, 0.1) is 12.0 Å². The number of amides is 2. The van der Waals surface area contributed by atoms with Crippen LogP contribution in [0.2, 0.25) is 0 Å². The molecule has 0 saturated heterocycles. The lowest BCUT2D eigenvalue weighted by Gasteiger charge is -2.09. The van der Waals surface area contributed by atoms with E-state index in [2.05, 4.69) is 15.6 Å². The van der Waals surface area contributed by atoms with Gasteiger partial charge in [0.1, 0.15) is 0 Å². The highest BCUT2D eigenvalue weighted by Gasteiger charge is 2.10. The summed E-state index contributed by atoms with van der Waals surface area (Å²) in [5, 5.41) is 0. The van der Waals surface area contributed by atoms with Gasteiger partial charge < -0.3 is 0 Å².